The molecule has 0 aliphatic carbocycles. The highest BCUT2D eigenvalue weighted by Gasteiger charge is 2.02. The molecule has 0 aliphatic heterocycles. The normalized spacial score (nSPS) is 9.95. The van der Waals surface area contributed by atoms with Crippen molar-refractivity contribution < 1.29 is 9.47 Å². The number of ether oxygens (including phenoxy) is 2. The maximum absolute atomic E-state index is 7.36. The molecule has 98 valence electrons. The van der Waals surface area contributed by atoms with Gasteiger partial charge in [-0.15, -0.1) is 0 Å². The summed E-state index contributed by atoms with van der Waals surface area (Å²) >= 11 is 0. The summed E-state index contributed by atoms with van der Waals surface area (Å²) in [5.74, 6) is 1.83. The Balaban J connectivity index is 2.12. The van der Waals surface area contributed by atoms with Crippen molar-refractivity contribution in [1.82, 2.24) is 4.98 Å². The highest BCUT2D eigenvalue weighted by atomic mass is 16.5. The molecule has 19 heavy (non-hydrogen) atoms. The van der Waals surface area contributed by atoms with Crippen LogP contribution in [0.2, 0.25) is 0 Å². The van der Waals surface area contributed by atoms with E-state index in [1.807, 2.05) is 19.1 Å². The smallest absolute Gasteiger partial charge is 0.219 e. The number of nitrogens with zero attached hydrogens (tertiary/aromatic N) is 1. The van der Waals surface area contributed by atoms with Crippen LogP contribution in [0.4, 0.5) is 0 Å². The van der Waals surface area contributed by atoms with Gasteiger partial charge >= 0.3 is 0 Å². The highest BCUT2D eigenvalue weighted by molar-refractivity contribution is 5.95. The summed E-state index contributed by atoms with van der Waals surface area (Å²) in [5.41, 5.74) is 5.99. The molecule has 2 rings (SSSR count). The maximum Gasteiger partial charge on any atom is 0.219 e. The van der Waals surface area contributed by atoms with E-state index in [2.05, 4.69) is 4.98 Å². The van der Waals surface area contributed by atoms with Crippen LogP contribution in [0, 0.1) is 5.41 Å². The highest BCUT2D eigenvalue weighted by Crippen LogP contribution is 2.22. The minimum atomic E-state index is -0.0149. The zero-order valence-corrected chi connectivity index (χ0v) is 10.6. The Hall–Kier alpha value is -2.56. The predicted octanol–water partition coefficient (Wildman–Crippen LogP) is 2.56. The molecule has 0 spiro atoms. The quantitative estimate of drug-likeness (QED) is 0.637. The van der Waals surface area contributed by atoms with Gasteiger partial charge in [-0.3, -0.25) is 5.41 Å². The average molecular weight is 257 g/mol. The Bertz CT molecular complexity index is 567. The van der Waals surface area contributed by atoms with E-state index in [9.17, 15) is 0 Å². The molecule has 1 aromatic heterocycles. The van der Waals surface area contributed by atoms with Crippen molar-refractivity contribution in [3.63, 3.8) is 0 Å². The molecule has 1 heterocycles. The number of amidine groups is 1. The van der Waals surface area contributed by atoms with E-state index in [1.165, 1.54) is 0 Å². The number of rotatable bonds is 5. The van der Waals surface area contributed by atoms with Crippen LogP contribution in [-0.4, -0.2) is 17.4 Å². The van der Waals surface area contributed by atoms with E-state index in [4.69, 9.17) is 20.6 Å². The van der Waals surface area contributed by atoms with Crippen LogP contribution >= 0.6 is 0 Å². The van der Waals surface area contributed by atoms with E-state index in [0.717, 1.165) is 5.75 Å². The molecule has 0 unspecified atom stereocenters. The molecular weight excluding hydrogens is 242 g/mol. The van der Waals surface area contributed by atoms with E-state index >= 15 is 0 Å². The van der Waals surface area contributed by atoms with Gasteiger partial charge in [-0.25, -0.2) is 4.98 Å². The SMILES string of the molecule is CCOc1ccc(Oc2cc(C(=N)N)ccn2)cc1. The lowest BCUT2D eigenvalue weighted by molar-refractivity contribution is 0.339. The minimum Gasteiger partial charge on any atom is -0.494 e. The van der Waals surface area contributed by atoms with E-state index < -0.39 is 0 Å². The largest absolute Gasteiger partial charge is 0.494 e. The summed E-state index contributed by atoms with van der Waals surface area (Å²) in [6.45, 7) is 2.56. The minimum absolute atomic E-state index is 0.0149. The molecule has 0 aliphatic rings. The molecule has 3 N–H and O–H groups in total. The van der Waals surface area contributed by atoms with Gasteiger partial charge in [0.05, 0.1) is 6.61 Å². The number of nitrogens with one attached hydrogen (secondary N) is 1. The first-order valence-corrected chi connectivity index (χ1v) is 5.90. The topological polar surface area (TPSA) is 81.2 Å². The monoisotopic (exact) mass is 257 g/mol. The van der Waals surface area contributed by atoms with Crippen LogP contribution in [0.1, 0.15) is 12.5 Å². The molecule has 5 heteroatoms. The molecule has 5 nitrogen and oxygen atoms in total. The molecule has 2 aromatic rings. The number of aromatic nitrogens is 1. The first-order chi connectivity index (χ1) is 9.19. The molecule has 0 saturated carbocycles. The summed E-state index contributed by atoms with van der Waals surface area (Å²) in [5, 5.41) is 7.36. The fraction of sp³-hybridized carbons (Fsp3) is 0.143. The van der Waals surface area contributed by atoms with E-state index in [1.54, 1.807) is 30.5 Å². The van der Waals surface area contributed by atoms with Crippen LogP contribution in [0.5, 0.6) is 17.4 Å². The van der Waals surface area contributed by atoms with Gasteiger partial charge in [-0.1, -0.05) is 0 Å². The van der Waals surface area contributed by atoms with Gasteiger partial charge in [0, 0.05) is 17.8 Å². The molecule has 0 saturated heterocycles. The maximum atomic E-state index is 7.36. The molecule has 1 aromatic carbocycles. The second kappa shape index (κ2) is 5.86. The second-order valence-corrected chi connectivity index (χ2v) is 3.80. The first-order valence-electron chi connectivity index (χ1n) is 5.90. The molecule has 0 atom stereocenters. The van der Waals surface area contributed by atoms with Crippen molar-refractivity contribution in [2.24, 2.45) is 5.73 Å². The van der Waals surface area contributed by atoms with Crippen molar-refractivity contribution in [2.45, 2.75) is 6.92 Å². The second-order valence-electron chi connectivity index (χ2n) is 3.80. The lowest BCUT2D eigenvalue weighted by Gasteiger charge is -2.07. The number of pyridine rings is 1. The van der Waals surface area contributed by atoms with Gasteiger partial charge in [0.2, 0.25) is 5.88 Å². The summed E-state index contributed by atoms with van der Waals surface area (Å²) in [4.78, 5) is 4.07. The number of benzene rings is 1. The zero-order valence-electron chi connectivity index (χ0n) is 10.6. The van der Waals surface area contributed by atoms with Crippen LogP contribution in [0.3, 0.4) is 0 Å². The van der Waals surface area contributed by atoms with E-state index in [-0.39, 0.29) is 5.84 Å². The van der Waals surface area contributed by atoms with Gasteiger partial charge in [0.15, 0.2) is 0 Å². The van der Waals surface area contributed by atoms with Crippen LogP contribution in [0.25, 0.3) is 0 Å². The number of nitrogen functional groups attached to an aromatic ring is 1. The van der Waals surface area contributed by atoms with Gasteiger partial charge in [-0.05, 0) is 37.3 Å². The van der Waals surface area contributed by atoms with Crippen molar-refractivity contribution in [3.8, 4) is 17.4 Å². The Morgan fingerprint density at radius 2 is 1.89 bits per heavy atom. The molecular formula is C14H15N3O2. The average Bonchev–Trinajstić information content (AvgIpc) is 2.42. The van der Waals surface area contributed by atoms with Gasteiger partial charge in [0.1, 0.15) is 17.3 Å². The predicted molar refractivity (Wildman–Crippen MR) is 72.9 cm³/mol. The molecule has 0 amide bonds. The van der Waals surface area contributed by atoms with Crippen molar-refractivity contribution >= 4 is 5.84 Å². The third kappa shape index (κ3) is 3.45. The Morgan fingerprint density at radius 3 is 2.53 bits per heavy atom. The molecule has 0 bridgehead atoms. The first kappa shape index (κ1) is 12.9. The molecule has 0 radical (unpaired) electrons. The number of hydrogen-bond acceptors (Lipinski definition) is 4. The van der Waals surface area contributed by atoms with Crippen molar-refractivity contribution in [3.05, 3.63) is 48.2 Å². The fourth-order valence-electron chi connectivity index (χ4n) is 1.52. The van der Waals surface area contributed by atoms with Gasteiger partial charge < -0.3 is 15.2 Å². The number of hydrogen-bond donors (Lipinski definition) is 2. The molecule has 0 fully saturated rings. The van der Waals surface area contributed by atoms with Crippen LogP contribution in [-0.2, 0) is 0 Å². The summed E-state index contributed by atoms with van der Waals surface area (Å²) in [6, 6.07) is 10.5. The summed E-state index contributed by atoms with van der Waals surface area (Å²) < 4.78 is 10.9. The fourth-order valence-corrected chi connectivity index (χ4v) is 1.52. The zero-order chi connectivity index (χ0) is 13.7. The lowest BCUT2D eigenvalue weighted by Crippen LogP contribution is -2.11. The van der Waals surface area contributed by atoms with E-state index in [0.29, 0.717) is 23.8 Å². The third-order valence-electron chi connectivity index (χ3n) is 2.40. The lowest BCUT2D eigenvalue weighted by atomic mass is 10.2. The summed E-state index contributed by atoms with van der Waals surface area (Å²) in [7, 11) is 0. The standard InChI is InChI=1S/C14H15N3O2/c1-2-18-11-3-5-12(6-4-11)19-13-9-10(14(15)16)7-8-17-13/h3-9H,2H2,1H3,(H3,15,16). The van der Waals surface area contributed by atoms with Crippen molar-refractivity contribution in [2.75, 3.05) is 6.61 Å². The van der Waals surface area contributed by atoms with Gasteiger partial charge in [-0.2, -0.15) is 0 Å². The van der Waals surface area contributed by atoms with Crippen LogP contribution in [0.15, 0.2) is 42.6 Å². The Morgan fingerprint density at radius 1 is 1.21 bits per heavy atom. The number of nitrogens with two attached hydrogens (primary N) is 1. The Kier molecular flexibility index (Phi) is 3.97. The van der Waals surface area contributed by atoms with Gasteiger partial charge in [0.25, 0.3) is 0 Å². The third-order valence-corrected chi connectivity index (χ3v) is 2.40. The Labute approximate surface area is 111 Å². The van der Waals surface area contributed by atoms with Crippen LogP contribution < -0.4 is 15.2 Å². The van der Waals surface area contributed by atoms with Crippen molar-refractivity contribution in [1.29, 1.82) is 5.41 Å². The summed E-state index contributed by atoms with van der Waals surface area (Å²) in [6.07, 6.45) is 1.56.